The molecule has 3 rings (SSSR count). The molecule has 1 aromatic heterocycles. The SMILES string of the molecule is Cc1nn(-c2ccccc2)c(C)c1C(=O)C(=O)N[C@H](C)c1ccccc1Cl. The second-order valence-electron chi connectivity index (χ2n) is 6.34. The number of nitrogens with one attached hydrogen (secondary N) is 1. The summed E-state index contributed by atoms with van der Waals surface area (Å²) in [6.07, 6.45) is 0. The Balaban J connectivity index is 1.85. The minimum Gasteiger partial charge on any atom is -0.343 e. The van der Waals surface area contributed by atoms with E-state index < -0.39 is 11.7 Å². The third-order valence-electron chi connectivity index (χ3n) is 4.44. The lowest BCUT2D eigenvalue weighted by Crippen LogP contribution is -2.33. The zero-order valence-electron chi connectivity index (χ0n) is 15.4. The average Bonchev–Trinajstić information content (AvgIpc) is 2.96. The highest BCUT2D eigenvalue weighted by Gasteiger charge is 2.26. The van der Waals surface area contributed by atoms with Crippen LogP contribution >= 0.6 is 11.6 Å². The fourth-order valence-corrected chi connectivity index (χ4v) is 3.37. The molecule has 1 atom stereocenters. The maximum atomic E-state index is 12.8. The van der Waals surface area contributed by atoms with E-state index in [1.54, 1.807) is 31.5 Å². The number of halogens is 1. The van der Waals surface area contributed by atoms with Gasteiger partial charge in [-0.25, -0.2) is 4.68 Å². The molecule has 138 valence electrons. The highest BCUT2D eigenvalue weighted by Crippen LogP contribution is 2.23. The van der Waals surface area contributed by atoms with Gasteiger partial charge in [-0.05, 0) is 44.5 Å². The fraction of sp³-hybridized carbons (Fsp3) is 0.190. The van der Waals surface area contributed by atoms with Gasteiger partial charge in [0.25, 0.3) is 11.7 Å². The van der Waals surface area contributed by atoms with Gasteiger partial charge >= 0.3 is 0 Å². The maximum Gasteiger partial charge on any atom is 0.293 e. The van der Waals surface area contributed by atoms with Gasteiger partial charge in [0.1, 0.15) is 0 Å². The van der Waals surface area contributed by atoms with Gasteiger partial charge in [0.2, 0.25) is 0 Å². The Hall–Kier alpha value is -2.92. The normalized spacial score (nSPS) is 11.9. The number of Topliss-reactive ketones (excluding diaryl/α,β-unsaturated/α-hetero) is 1. The molecule has 0 unspecified atom stereocenters. The Morgan fingerprint density at radius 2 is 1.67 bits per heavy atom. The van der Waals surface area contributed by atoms with Gasteiger partial charge in [-0.3, -0.25) is 9.59 Å². The van der Waals surface area contributed by atoms with E-state index in [1.165, 1.54) is 0 Å². The van der Waals surface area contributed by atoms with Crippen LogP contribution in [0.15, 0.2) is 54.6 Å². The molecule has 3 aromatic rings. The first-order valence-corrected chi connectivity index (χ1v) is 8.99. The van der Waals surface area contributed by atoms with Crippen LogP contribution in [-0.4, -0.2) is 21.5 Å². The molecule has 0 aliphatic heterocycles. The van der Waals surface area contributed by atoms with Crippen LogP contribution in [-0.2, 0) is 4.79 Å². The predicted octanol–water partition coefficient (Wildman–Crippen LogP) is 4.20. The van der Waals surface area contributed by atoms with Crippen LogP contribution in [0.3, 0.4) is 0 Å². The maximum absolute atomic E-state index is 12.8. The van der Waals surface area contributed by atoms with Crippen LogP contribution in [0.25, 0.3) is 5.69 Å². The summed E-state index contributed by atoms with van der Waals surface area (Å²) in [5.74, 6) is -1.28. The smallest absolute Gasteiger partial charge is 0.293 e. The Labute approximate surface area is 163 Å². The number of para-hydroxylation sites is 1. The van der Waals surface area contributed by atoms with Crippen molar-refractivity contribution >= 4 is 23.3 Å². The third-order valence-corrected chi connectivity index (χ3v) is 4.79. The third kappa shape index (κ3) is 3.78. The van der Waals surface area contributed by atoms with Crippen molar-refractivity contribution in [1.82, 2.24) is 15.1 Å². The van der Waals surface area contributed by atoms with Gasteiger partial charge in [-0.2, -0.15) is 5.10 Å². The Bertz CT molecular complexity index is 996. The monoisotopic (exact) mass is 381 g/mol. The van der Waals surface area contributed by atoms with Crippen LogP contribution in [0.2, 0.25) is 5.02 Å². The molecule has 0 radical (unpaired) electrons. The van der Waals surface area contributed by atoms with Crippen LogP contribution in [0.4, 0.5) is 0 Å². The zero-order chi connectivity index (χ0) is 19.6. The van der Waals surface area contributed by atoms with Crippen LogP contribution in [0, 0.1) is 13.8 Å². The van der Waals surface area contributed by atoms with E-state index in [0.717, 1.165) is 11.3 Å². The summed E-state index contributed by atoms with van der Waals surface area (Å²) in [5, 5.41) is 7.70. The molecule has 0 aliphatic carbocycles. The minimum atomic E-state index is -0.679. The summed E-state index contributed by atoms with van der Waals surface area (Å²) >= 11 is 6.17. The lowest BCUT2D eigenvalue weighted by atomic mass is 10.1. The van der Waals surface area contributed by atoms with Crippen LogP contribution in [0.1, 0.15) is 40.3 Å². The van der Waals surface area contributed by atoms with Crippen molar-refractivity contribution in [2.75, 3.05) is 0 Å². The van der Waals surface area contributed by atoms with E-state index in [1.807, 2.05) is 48.5 Å². The molecule has 0 saturated carbocycles. The lowest BCUT2D eigenvalue weighted by Gasteiger charge is -2.15. The number of ketones is 1. The topological polar surface area (TPSA) is 64.0 Å². The van der Waals surface area contributed by atoms with Gasteiger partial charge in [0, 0.05) is 5.02 Å². The van der Waals surface area contributed by atoms with E-state index in [9.17, 15) is 9.59 Å². The Morgan fingerprint density at radius 3 is 2.33 bits per heavy atom. The van der Waals surface area contributed by atoms with E-state index in [-0.39, 0.29) is 6.04 Å². The van der Waals surface area contributed by atoms with E-state index in [4.69, 9.17) is 11.6 Å². The number of rotatable bonds is 5. The van der Waals surface area contributed by atoms with Crippen molar-refractivity contribution in [2.45, 2.75) is 26.8 Å². The number of carbonyl (C=O) groups is 2. The van der Waals surface area contributed by atoms with E-state index in [0.29, 0.717) is 22.0 Å². The highest BCUT2D eigenvalue weighted by atomic mass is 35.5. The molecule has 0 spiro atoms. The molecule has 0 bridgehead atoms. The summed E-state index contributed by atoms with van der Waals surface area (Å²) in [4.78, 5) is 25.3. The quantitative estimate of drug-likeness (QED) is 0.532. The molecule has 1 heterocycles. The number of hydrogen-bond acceptors (Lipinski definition) is 3. The second-order valence-corrected chi connectivity index (χ2v) is 6.75. The minimum absolute atomic E-state index is 0.322. The second kappa shape index (κ2) is 7.76. The predicted molar refractivity (Wildman–Crippen MR) is 105 cm³/mol. The number of benzene rings is 2. The molecule has 0 fully saturated rings. The number of amides is 1. The molecular formula is C21H20ClN3O2. The summed E-state index contributed by atoms with van der Waals surface area (Å²) in [6, 6.07) is 16.3. The number of carbonyl (C=O) groups excluding carboxylic acids is 2. The van der Waals surface area contributed by atoms with Crippen molar-refractivity contribution in [1.29, 1.82) is 0 Å². The lowest BCUT2D eigenvalue weighted by molar-refractivity contribution is -0.117. The molecule has 0 saturated heterocycles. The molecule has 27 heavy (non-hydrogen) atoms. The van der Waals surface area contributed by atoms with Gasteiger partial charge in [0.05, 0.1) is 28.7 Å². The first-order chi connectivity index (χ1) is 12.9. The number of nitrogens with zero attached hydrogens (tertiary/aromatic N) is 2. The molecular weight excluding hydrogens is 362 g/mol. The fourth-order valence-electron chi connectivity index (χ4n) is 3.07. The van der Waals surface area contributed by atoms with Crippen LogP contribution < -0.4 is 5.32 Å². The van der Waals surface area contributed by atoms with Gasteiger partial charge < -0.3 is 5.32 Å². The zero-order valence-corrected chi connectivity index (χ0v) is 16.1. The van der Waals surface area contributed by atoms with Crippen molar-refractivity contribution in [2.24, 2.45) is 0 Å². The number of aryl methyl sites for hydroxylation is 1. The van der Waals surface area contributed by atoms with Crippen molar-refractivity contribution in [3.63, 3.8) is 0 Å². The molecule has 1 N–H and O–H groups in total. The summed E-state index contributed by atoms with van der Waals surface area (Å²) in [5.41, 5.74) is 3.06. The Morgan fingerprint density at radius 1 is 1.04 bits per heavy atom. The standard InChI is InChI=1S/C21H20ClN3O2/c1-13(17-11-7-8-12-18(17)22)23-21(27)20(26)19-14(2)24-25(15(19)3)16-9-5-4-6-10-16/h4-13H,1-3H3,(H,23,27)/t13-/m1/s1. The van der Waals surface area contributed by atoms with Crippen LogP contribution in [0.5, 0.6) is 0 Å². The Kier molecular flexibility index (Phi) is 5.42. The first kappa shape index (κ1) is 18.9. The largest absolute Gasteiger partial charge is 0.343 e. The summed E-state index contributed by atoms with van der Waals surface area (Å²) in [6.45, 7) is 5.30. The van der Waals surface area contributed by atoms with E-state index >= 15 is 0 Å². The first-order valence-electron chi connectivity index (χ1n) is 8.61. The molecule has 0 aliphatic rings. The summed E-state index contributed by atoms with van der Waals surface area (Å²) < 4.78 is 1.67. The molecule has 5 nitrogen and oxygen atoms in total. The highest BCUT2D eigenvalue weighted by molar-refractivity contribution is 6.43. The van der Waals surface area contributed by atoms with Crippen molar-refractivity contribution in [3.05, 3.63) is 82.1 Å². The summed E-state index contributed by atoms with van der Waals surface area (Å²) in [7, 11) is 0. The van der Waals surface area contributed by atoms with Gasteiger partial charge in [-0.15, -0.1) is 0 Å². The van der Waals surface area contributed by atoms with E-state index in [2.05, 4.69) is 10.4 Å². The van der Waals surface area contributed by atoms with Crippen molar-refractivity contribution in [3.8, 4) is 5.69 Å². The molecule has 6 heteroatoms. The number of aromatic nitrogens is 2. The molecule has 1 amide bonds. The van der Waals surface area contributed by atoms with Crippen molar-refractivity contribution < 1.29 is 9.59 Å². The number of hydrogen-bond donors (Lipinski definition) is 1. The van der Waals surface area contributed by atoms with Gasteiger partial charge in [0.15, 0.2) is 0 Å². The average molecular weight is 382 g/mol. The molecule has 2 aromatic carbocycles. The van der Waals surface area contributed by atoms with Gasteiger partial charge in [-0.1, -0.05) is 48.0 Å².